The zero-order valence-electron chi connectivity index (χ0n) is 8.70. The van der Waals surface area contributed by atoms with Crippen LogP contribution in [0.1, 0.15) is 36.3 Å². The largest absolute Gasteiger partial charge is 0.244 e. The summed E-state index contributed by atoms with van der Waals surface area (Å²) in [7, 11) is 0. The molecule has 0 N–H and O–H groups in total. The first kappa shape index (κ1) is 11.5. The van der Waals surface area contributed by atoms with Crippen LogP contribution in [0, 0.1) is 11.3 Å². The van der Waals surface area contributed by atoms with E-state index in [2.05, 4.69) is 24.9 Å². The van der Waals surface area contributed by atoms with Crippen molar-refractivity contribution in [2.75, 3.05) is 0 Å². The minimum Gasteiger partial charge on any atom is -0.244 e. The highest BCUT2D eigenvalue weighted by molar-refractivity contribution is 7.99. The van der Waals surface area contributed by atoms with Crippen molar-refractivity contribution in [2.24, 2.45) is 0 Å². The number of nitrogens with zero attached hydrogens (tertiary/aromatic N) is 2. The Bertz CT molecular complexity index is 336. The number of aromatic nitrogens is 1. The molecule has 0 atom stereocenters. The molecule has 2 nitrogen and oxygen atoms in total. The Kier molecular flexibility index (Phi) is 4.43. The van der Waals surface area contributed by atoms with Crippen molar-refractivity contribution in [2.45, 2.75) is 38.2 Å². The van der Waals surface area contributed by atoms with Gasteiger partial charge in [-0.15, -0.1) is 11.3 Å². The van der Waals surface area contributed by atoms with E-state index in [0.717, 1.165) is 27.8 Å². The summed E-state index contributed by atoms with van der Waals surface area (Å²) in [6, 6.07) is 2.20. The summed E-state index contributed by atoms with van der Waals surface area (Å²) in [5.74, 6) is 0.928. The molecule has 1 heterocycles. The minimum atomic E-state index is 0.620. The normalized spacial score (nSPS) is 10.5. The van der Waals surface area contributed by atoms with Gasteiger partial charge in [0.25, 0.3) is 0 Å². The van der Waals surface area contributed by atoms with Crippen LogP contribution in [0.2, 0.25) is 0 Å². The number of hydrogen-bond donors (Lipinski definition) is 0. The first-order valence-electron chi connectivity index (χ1n) is 4.67. The molecule has 1 aromatic heterocycles. The van der Waals surface area contributed by atoms with Gasteiger partial charge in [0.1, 0.15) is 16.0 Å². The average Bonchev–Trinajstić information content (AvgIpc) is 2.57. The minimum absolute atomic E-state index is 0.620. The van der Waals surface area contributed by atoms with E-state index < -0.39 is 0 Å². The van der Waals surface area contributed by atoms with E-state index in [1.165, 1.54) is 11.3 Å². The lowest BCUT2D eigenvalue weighted by Gasteiger charge is -2.00. The monoisotopic (exact) mass is 226 g/mol. The fraction of sp³-hybridized carbons (Fsp3) is 0.600. The first-order valence-corrected chi connectivity index (χ1v) is 6.54. The number of rotatable bonds is 4. The molecule has 0 aromatic carbocycles. The summed E-state index contributed by atoms with van der Waals surface area (Å²) >= 11 is 3.40. The highest BCUT2D eigenvalue weighted by Crippen LogP contribution is 2.24. The quantitative estimate of drug-likeness (QED) is 0.791. The number of nitriles is 1. The first-order chi connectivity index (χ1) is 6.67. The molecule has 1 aromatic rings. The van der Waals surface area contributed by atoms with E-state index >= 15 is 0 Å². The maximum atomic E-state index is 8.85. The van der Waals surface area contributed by atoms with Crippen LogP contribution in [-0.4, -0.2) is 10.2 Å². The molecule has 0 bridgehead atoms. The van der Waals surface area contributed by atoms with Gasteiger partial charge in [0, 0.05) is 5.75 Å². The molecule has 0 saturated carbocycles. The summed E-state index contributed by atoms with van der Waals surface area (Å²) in [5, 5.41) is 10.6. The van der Waals surface area contributed by atoms with Gasteiger partial charge in [-0.2, -0.15) is 17.0 Å². The Labute approximate surface area is 93.4 Å². The van der Waals surface area contributed by atoms with E-state index in [1.54, 1.807) is 0 Å². The Morgan fingerprint density at radius 1 is 1.57 bits per heavy atom. The molecule has 14 heavy (non-hydrogen) atoms. The molecular formula is C10H14N2S2. The smallest absolute Gasteiger partial charge is 0.128 e. The lowest BCUT2D eigenvalue weighted by atomic mass is 10.3. The molecule has 4 heteroatoms. The van der Waals surface area contributed by atoms with Crippen molar-refractivity contribution in [3.8, 4) is 6.07 Å². The van der Waals surface area contributed by atoms with Gasteiger partial charge >= 0.3 is 0 Å². The lowest BCUT2D eigenvalue weighted by Crippen LogP contribution is -1.89. The Balaban J connectivity index is 2.71. The van der Waals surface area contributed by atoms with E-state index in [-0.39, 0.29) is 0 Å². The van der Waals surface area contributed by atoms with Crippen LogP contribution < -0.4 is 0 Å². The average molecular weight is 226 g/mol. The highest BCUT2D eigenvalue weighted by Gasteiger charge is 2.09. The predicted molar refractivity (Wildman–Crippen MR) is 62.6 cm³/mol. The second-order valence-corrected chi connectivity index (χ2v) is 5.86. The van der Waals surface area contributed by atoms with Gasteiger partial charge in [0.15, 0.2) is 0 Å². The van der Waals surface area contributed by atoms with Crippen molar-refractivity contribution in [1.29, 1.82) is 5.26 Å². The molecule has 0 fully saturated rings. The SMILES string of the molecule is CCc1nc(CSC(C)C)sc1C#N. The lowest BCUT2D eigenvalue weighted by molar-refractivity contribution is 1.03. The summed E-state index contributed by atoms with van der Waals surface area (Å²) in [5.41, 5.74) is 0.955. The topological polar surface area (TPSA) is 36.7 Å². The highest BCUT2D eigenvalue weighted by atomic mass is 32.2. The summed E-state index contributed by atoms with van der Waals surface area (Å²) in [6.07, 6.45) is 0.853. The van der Waals surface area contributed by atoms with Gasteiger partial charge in [-0.3, -0.25) is 0 Å². The summed E-state index contributed by atoms with van der Waals surface area (Å²) in [6.45, 7) is 6.38. The molecule has 0 unspecified atom stereocenters. The van der Waals surface area contributed by atoms with Gasteiger partial charge in [0.2, 0.25) is 0 Å². The standard InChI is InChI=1S/C10H14N2S2/c1-4-8-9(5-11)14-10(12-8)6-13-7(2)3/h7H,4,6H2,1-3H3. The van der Waals surface area contributed by atoms with E-state index in [1.807, 2.05) is 18.7 Å². The molecule has 0 radical (unpaired) electrons. The second-order valence-electron chi connectivity index (χ2n) is 3.21. The van der Waals surface area contributed by atoms with Crippen LogP contribution in [0.5, 0.6) is 0 Å². The van der Waals surface area contributed by atoms with Crippen molar-refractivity contribution in [1.82, 2.24) is 4.98 Å². The van der Waals surface area contributed by atoms with Crippen molar-refractivity contribution < 1.29 is 0 Å². The third-order valence-electron chi connectivity index (χ3n) is 1.72. The molecule has 0 aliphatic rings. The Morgan fingerprint density at radius 2 is 2.29 bits per heavy atom. The van der Waals surface area contributed by atoms with Crippen LogP contribution in [0.3, 0.4) is 0 Å². The third kappa shape index (κ3) is 3.00. The van der Waals surface area contributed by atoms with Crippen LogP contribution >= 0.6 is 23.1 Å². The zero-order chi connectivity index (χ0) is 10.6. The molecule has 0 saturated heterocycles. The van der Waals surface area contributed by atoms with Crippen LogP contribution in [-0.2, 0) is 12.2 Å². The van der Waals surface area contributed by atoms with E-state index in [4.69, 9.17) is 5.26 Å². The van der Waals surface area contributed by atoms with Gasteiger partial charge in [-0.25, -0.2) is 4.98 Å². The second kappa shape index (κ2) is 5.38. The third-order valence-corrected chi connectivity index (χ3v) is 4.01. The van der Waals surface area contributed by atoms with Gasteiger partial charge in [0.05, 0.1) is 5.69 Å². The van der Waals surface area contributed by atoms with Crippen molar-refractivity contribution in [3.05, 3.63) is 15.6 Å². The fourth-order valence-corrected chi connectivity index (χ4v) is 2.75. The molecule has 0 spiro atoms. The van der Waals surface area contributed by atoms with Crippen LogP contribution in [0.25, 0.3) is 0 Å². The maximum absolute atomic E-state index is 8.85. The van der Waals surface area contributed by atoms with Crippen molar-refractivity contribution in [3.63, 3.8) is 0 Å². The zero-order valence-corrected chi connectivity index (χ0v) is 10.3. The van der Waals surface area contributed by atoms with E-state index in [0.29, 0.717) is 5.25 Å². The molecule has 76 valence electrons. The summed E-state index contributed by atoms with van der Waals surface area (Å²) in [4.78, 5) is 5.23. The number of thiazole rings is 1. The Hall–Kier alpha value is -0.530. The number of thioether (sulfide) groups is 1. The van der Waals surface area contributed by atoms with Crippen LogP contribution in [0.4, 0.5) is 0 Å². The Morgan fingerprint density at radius 3 is 2.71 bits per heavy atom. The van der Waals surface area contributed by atoms with Gasteiger partial charge in [-0.1, -0.05) is 20.8 Å². The molecule has 0 aliphatic heterocycles. The molecule has 0 aliphatic carbocycles. The van der Waals surface area contributed by atoms with E-state index in [9.17, 15) is 0 Å². The number of aryl methyl sites for hydroxylation is 1. The fourth-order valence-electron chi connectivity index (χ4n) is 1.03. The molecular weight excluding hydrogens is 212 g/mol. The molecule has 0 amide bonds. The van der Waals surface area contributed by atoms with Crippen molar-refractivity contribution >= 4 is 23.1 Å². The molecule has 1 rings (SSSR count). The predicted octanol–water partition coefficient (Wildman–Crippen LogP) is 3.22. The van der Waals surface area contributed by atoms with Gasteiger partial charge < -0.3 is 0 Å². The summed E-state index contributed by atoms with van der Waals surface area (Å²) < 4.78 is 0. The van der Waals surface area contributed by atoms with Gasteiger partial charge in [-0.05, 0) is 11.7 Å². The van der Waals surface area contributed by atoms with Crippen LogP contribution in [0.15, 0.2) is 0 Å². The number of hydrogen-bond acceptors (Lipinski definition) is 4. The maximum Gasteiger partial charge on any atom is 0.128 e.